The fourth-order valence-electron chi connectivity index (χ4n) is 4.64. The highest BCUT2D eigenvalue weighted by atomic mass is 16.6. The minimum atomic E-state index is -0.715. The van der Waals surface area contributed by atoms with E-state index in [1.807, 2.05) is 62.5 Å². The predicted molar refractivity (Wildman–Crippen MR) is 129 cm³/mol. The van der Waals surface area contributed by atoms with E-state index in [0.717, 1.165) is 26.9 Å². The molecule has 0 spiro atoms. The van der Waals surface area contributed by atoms with Crippen molar-refractivity contribution in [3.05, 3.63) is 59.8 Å². The summed E-state index contributed by atoms with van der Waals surface area (Å²) < 4.78 is 11.3. The maximum atomic E-state index is 13.0. The van der Waals surface area contributed by atoms with Crippen molar-refractivity contribution in [3.8, 4) is 11.5 Å². The first-order chi connectivity index (χ1) is 16.9. The summed E-state index contributed by atoms with van der Waals surface area (Å²) in [6, 6.07) is 11.8. The van der Waals surface area contributed by atoms with Gasteiger partial charge in [0.25, 0.3) is 5.91 Å². The smallest absolute Gasteiger partial charge is 0.325 e. The van der Waals surface area contributed by atoms with E-state index in [9.17, 15) is 14.4 Å². The van der Waals surface area contributed by atoms with Crippen molar-refractivity contribution in [2.45, 2.75) is 32.4 Å². The standard InChI is InChI=1S/C26H28N4O5/c1-15(2)24(16-7-8-21-22(12-16)35-10-9-34-21)29-23(31)14-30-25(32)20(28-26(30)33)11-17-13-27-19-6-4-3-5-18(17)19/h3-8,12-13,15,20,24,27H,9-11,14H2,1-2H3,(H,28,33)(H,29,31)/t20-,24+/m0/s1. The van der Waals surface area contributed by atoms with Gasteiger partial charge >= 0.3 is 6.03 Å². The lowest BCUT2D eigenvalue weighted by Gasteiger charge is -2.26. The summed E-state index contributed by atoms with van der Waals surface area (Å²) in [6.45, 7) is 4.62. The summed E-state index contributed by atoms with van der Waals surface area (Å²) in [5, 5.41) is 6.70. The Hall–Kier alpha value is -4.01. The largest absolute Gasteiger partial charge is 0.486 e. The average Bonchev–Trinajstić information content (AvgIpc) is 3.38. The highest BCUT2D eigenvalue weighted by molar-refractivity contribution is 6.06. The molecule has 4 amide bonds. The van der Waals surface area contributed by atoms with Crippen molar-refractivity contribution < 1.29 is 23.9 Å². The number of aromatic amines is 1. The second-order valence-electron chi connectivity index (χ2n) is 9.18. The van der Waals surface area contributed by atoms with Gasteiger partial charge in [-0.15, -0.1) is 0 Å². The van der Waals surface area contributed by atoms with Gasteiger partial charge in [0, 0.05) is 23.5 Å². The number of fused-ring (bicyclic) bond motifs is 2. The molecule has 182 valence electrons. The van der Waals surface area contributed by atoms with Crippen LogP contribution in [0.5, 0.6) is 11.5 Å². The molecule has 3 aromatic rings. The Morgan fingerprint density at radius 3 is 2.69 bits per heavy atom. The Morgan fingerprint density at radius 2 is 1.89 bits per heavy atom. The Kier molecular flexibility index (Phi) is 6.07. The predicted octanol–water partition coefficient (Wildman–Crippen LogP) is 2.92. The average molecular weight is 477 g/mol. The molecule has 1 saturated heterocycles. The summed E-state index contributed by atoms with van der Waals surface area (Å²) in [4.78, 5) is 42.6. The molecule has 9 heteroatoms. The molecule has 5 rings (SSSR count). The van der Waals surface area contributed by atoms with Crippen LogP contribution in [-0.4, -0.2) is 53.5 Å². The van der Waals surface area contributed by atoms with Crippen molar-refractivity contribution in [2.24, 2.45) is 5.92 Å². The zero-order valence-corrected chi connectivity index (χ0v) is 19.7. The van der Waals surface area contributed by atoms with Gasteiger partial charge in [-0.05, 0) is 35.2 Å². The number of hydrogen-bond donors (Lipinski definition) is 3. The number of imide groups is 1. The van der Waals surface area contributed by atoms with Gasteiger partial charge < -0.3 is 25.1 Å². The Labute approximate surface area is 202 Å². The summed E-state index contributed by atoms with van der Waals surface area (Å²) in [6.07, 6.45) is 2.19. The number of carbonyl (C=O) groups excluding carboxylic acids is 3. The molecule has 1 fully saturated rings. The van der Waals surface area contributed by atoms with E-state index < -0.39 is 23.9 Å². The van der Waals surface area contributed by atoms with Crippen molar-refractivity contribution in [2.75, 3.05) is 19.8 Å². The van der Waals surface area contributed by atoms with Gasteiger partial charge in [0.05, 0.1) is 6.04 Å². The van der Waals surface area contributed by atoms with Crippen LogP contribution in [0.4, 0.5) is 4.79 Å². The normalized spacial score (nSPS) is 18.1. The highest BCUT2D eigenvalue weighted by Gasteiger charge is 2.39. The molecule has 1 aromatic heterocycles. The van der Waals surface area contributed by atoms with Crippen molar-refractivity contribution in [1.82, 2.24) is 20.5 Å². The second kappa shape index (κ2) is 9.32. The third-order valence-electron chi connectivity index (χ3n) is 6.42. The lowest BCUT2D eigenvalue weighted by Crippen LogP contribution is -2.43. The van der Waals surface area contributed by atoms with Gasteiger partial charge in [-0.2, -0.15) is 0 Å². The van der Waals surface area contributed by atoms with Gasteiger partial charge in [0.1, 0.15) is 25.8 Å². The molecule has 0 unspecified atom stereocenters. The summed E-state index contributed by atoms with van der Waals surface area (Å²) in [5.41, 5.74) is 2.77. The summed E-state index contributed by atoms with van der Waals surface area (Å²) >= 11 is 0. The number of H-pyrrole nitrogens is 1. The zero-order chi connectivity index (χ0) is 24.5. The molecule has 0 saturated carbocycles. The molecule has 3 heterocycles. The fourth-order valence-corrected chi connectivity index (χ4v) is 4.64. The van der Waals surface area contributed by atoms with Gasteiger partial charge in [-0.25, -0.2) is 4.79 Å². The van der Waals surface area contributed by atoms with Crippen LogP contribution in [0.15, 0.2) is 48.7 Å². The van der Waals surface area contributed by atoms with Gasteiger partial charge in [0.15, 0.2) is 11.5 Å². The first-order valence-electron chi connectivity index (χ1n) is 11.8. The number of rotatable bonds is 7. The van der Waals surface area contributed by atoms with Crippen molar-refractivity contribution in [1.29, 1.82) is 0 Å². The fraction of sp³-hybridized carbons (Fsp3) is 0.346. The van der Waals surface area contributed by atoms with Crippen LogP contribution in [-0.2, 0) is 16.0 Å². The molecule has 2 aliphatic rings. The number of urea groups is 1. The number of nitrogens with zero attached hydrogens (tertiary/aromatic N) is 1. The Bertz CT molecular complexity index is 1280. The van der Waals surface area contributed by atoms with Crippen LogP contribution in [0.2, 0.25) is 0 Å². The third-order valence-corrected chi connectivity index (χ3v) is 6.42. The molecular weight excluding hydrogens is 448 g/mol. The third kappa shape index (κ3) is 4.53. The molecule has 0 bridgehead atoms. The van der Waals surface area contributed by atoms with E-state index >= 15 is 0 Å². The Morgan fingerprint density at radius 1 is 1.11 bits per heavy atom. The van der Waals surface area contributed by atoms with Crippen LogP contribution >= 0.6 is 0 Å². The van der Waals surface area contributed by atoms with E-state index in [1.165, 1.54) is 0 Å². The van der Waals surface area contributed by atoms with Crippen LogP contribution in [0.1, 0.15) is 31.0 Å². The number of amides is 4. The van der Waals surface area contributed by atoms with Crippen molar-refractivity contribution >= 4 is 28.7 Å². The van der Waals surface area contributed by atoms with E-state index in [2.05, 4.69) is 15.6 Å². The van der Waals surface area contributed by atoms with Crippen LogP contribution in [0.3, 0.4) is 0 Å². The lowest BCUT2D eigenvalue weighted by atomic mass is 9.95. The molecule has 2 atom stereocenters. The molecule has 2 aromatic carbocycles. The molecule has 3 N–H and O–H groups in total. The van der Waals surface area contributed by atoms with E-state index in [1.54, 1.807) is 0 Å². The SMILES string of the molecule is CC(C)[C@@H](NC(=O)CN1C(=O)N[C@@H](Cc2c[nH]c3ccccc23)C1=O)c1ccc2c(c1)OCCO2. The highest BCUT2D eigenvalue weighted by Crippen LogP contribution is 2.34. The molecule has 0 aliphatic carbocycles. The molecular formula is C26H28N4O5. The molecule has 9 nitrogen and oxygen atoms in total. The zero-order valence-electron chi connectivity index (χ0n) is 19.7. The minimum absolute atomic E-state index is 0.0687. The molecule has 2 aliphatic heterocycles. The van der Waals surface area contributed by atoms with Gasteiger partial charge in [-0.3, -0.25) is 14.5 Å². The van der Waals surface area contributed by atoms with E-state index in [4.69, 9.17) is 9.47 Å². The summed E-state index contributed by atoms with van der Waals surface area (Å²) in [7, 11) is 0. The monoisotopic (exact) mass is 476 g/mol. The molecule has 35 heavy (non-hydrogen) atoms. The van der Waals surface area contributed by atoms with E-state index in [-0.39, 0.29) is 18.5 Å². The molecule has 0 radical (unpaired) electrons. The Balaban J connectivity index is 1.25. The lowest BCUT2D eigenvalue weighted by molar-refractivity contribution is -0.132. The maximum Gasteiger partial charge on any atom is 0.325 e. The minimum Gasteiger partial charge on any atom is -0.486 e. The van der Waals surface area contributed by atoms with E-state index in [0.29, 0.717) is 31.1 Å². The number of nitrogens with one attached hydrogen (secondary N) is 3. The number of hydrogen-bond acceptors (Lipinski definition) is 5. The number of benzene rings is 2. The van der Waals surface area contributed by atoms with Crippen LogP contribution in [0, 0.1) is 5.92 Å². The second-order valence-corrected chi connectivity index (χ2v) is 9.18. The maximum absolute atomic E-state index is 13.0. The van der Waals surface area contributed by atoms with Gasteiger partial charge in [-0.1, -0.05) is 38.1 Å². The quantitative estimate of drug-likeness (QED) is 0.454. The number of ether oxygens (including phenoxy) is 2. The summed E-state index contributed by atoms with van der Waals surface area (Å²) in [5.74, 6) is 0.571. The number of aromatic nitrogens is 1. The topological polar surface area (TPSA) is 113 Å². The van der Waals surface area contributed by atoms with Crippen LogP contribution < -0.4 is 20.1 Å². The first-order valence-corrected chi connectivity index (χ1v) is 11.8. The first kappa shape index (κ1) is 22.8. The van der Waals surface area contributed by atoms with Crippen molar-refractivity contribution in [3.63, 3.8) is 0 Å². The van der Waals surface area contributed by atoms with Crippen LogP contribution in [0.25, 0.3) is 10.9 Å². The number of carbonyl (C=O) groups is 3. The van der Waals surface area contributed by atoms with Gasteiger partial charge in [0.2, 0.25) is 5.91 Å². The number of para-hydroxylation sites is 1.